The average molecular weight is 466 g/mol. The van der Waals surface area contributed by atoms with Crippen molar-refractivity contribution in [3.05, 3.63) is 83.8 Å². The Morgan fingerprint density at radius 2 is 1.76 bits per heavy atom. The highest BCUT2D eigenvalue weighted by Gasteiger charge is 2.17. The summed E-state index contributed by atoms with van der Waals surface area (Å²) in [6.07, 6.45) is 3.08. The zero-order valence-electron chi connectivity index (χ0n) is 18.9. The number of nitrogens with one attached hydrogen (secondary N) is 4. The summed E-state index contributed by atoms with van der Waals surface area (Å²) in [5.41, 5.74) is 6.76. The van der Waals surface area contributed by atoms with Gasteiger partial charge in [0.1, 0.15) is 11.6 Å². The first-order valence-electron chi connectivity index (χ1n) is 10.3. The van der Waals surface area contributed by atoms with E-state index < -0.39 is 17.7 Å². The molecule has 176 valence electrons. The summed E-state index contributed by atoms with van der Waals surface area (Å²) in [6, 6.07) is 10.1. The van der Waals surface area contributed by atoms with E-state index in [1.54, 1.807) is 12.3 Å². The molecule has 8 nitrogen and oxygen atoms in total. The molecule has 3 rings (SSSR count). The fraction of sp³-hybridized carbons (Fsp3) is 0.167. The summed E-state index contributed by atoms with van der Waals surface area (Å²) in [5, 5.41) is 16.8. The van der Waals surface area contributed by atoms with E-state index in [2.05, 4.69) is 25.9 Å². The lowest BCUT2D eigenvalue weighted by atomic mass is 9.98. The standard InChI is InChI=1S/C24H25F2N7O/c1-24(2,3)30-13-17(21(27)19-10-11-29-22(28)32-19)14-4-9-18(26)20(12-14)33-23(34)31-16-7-5-15(25)6-8-16/h4-13,27,30H,1-3H3,(H2,28,29,32)(H2,31,33,34)/b17-13-,27-21?. The average Bonchev–Trinajstić information content (AvgIpc) is 2.76. The summed E-state index contributed by atoms with van der Waals surface area (Å²) >= 11 is 0. The van der Waals surface area contributed by atoms with Crippen molar-refractivity contribution in [1.29, 1.82) is 5.41 Å². The second kappa shape index (κ2) is 10.1. The van der Waals surface area contributed by atoms with E-state index in [9.17, 15) is 13.6 Å². The highest BCUT2D eigenvalue weighted by Crippen LogP contribution is 2.25. The molecule has 0 saturated heterocycles. The van der Waals surface area contributed by atoms with Crippen LogP contribution in [0, 0.1) is 17.0 Å². The first-order valence-corrected chi connectivity index (χ1v) is 10.3. The molecule has 1 heterocycles. The maximum atomic E-state index is 14.5. The molecule has 0 saturated carbocycles. The Hall–Kier alpha value is -4.34. The number of carbonyl (C=O) groups excluding carboxylic acids is 1. The van der Waals surface area contributed by atoms with Gasteiger partial charge in [0.25, 0.3) is 0 Å². The third-order valence-electron chi connectivity index (χ3n) is 4.48. The highest BCUT2D eigenvalue weighted by atomic mass is 19.1. The van der Waals surface area contributed by atoms with Gasteiger partial charge in [0.2, 0.25) is 5.95 Å². The van der Waals surface area contributed by atoms with Crippen molar-refractivity contribution in [1.82, 2.24) is 15.3 Å². The maximum Gasteiger partial charge on any atom is 0.323 e. The number of allylic oxidation sites excluding steroid dienone is 1. The van der Waals surface area contributed by atoms with Crippen LogP contribution in [0.2, 0.25) is 0 Å². The number of hydrogen-bond donors (Lipinski definition) is 5. The number of nitrogen functional groups attached to an aromatic ring is 1. The highest BCUT2D eigenvalue weighted by molar-refractivity contribution is 6.29. The van der Waals surface area contributed by atoms with Crippen LogP contribution in [0.1, 0.15) is 32.0 Å². The number of nitrogens with zero attached hydrogens (tertiary/aromatic N) is 2. The summed E-state index contributed by atoms with van der Waals surface area (Å²) in [4.78, 5) is 20.3. The van der Waals surface area contributed by atoms with Crippen LogP contribution >= 0.6 is 0 Å². The summed E-state index contributed by atoms with van der Waals surface area (Å²) in [7, 11) is 0. The molecule has 0 radical (unpaired) electrons. The van der Waals surface area contributed by atoms with Crippen molar-refractivity contribution >= 4 is 34.6 Å². The minimum atomic E-state index is -0.709. The Labute approximate surface area is 195 Å². The monoisotopic (exact) mass is 465 g/mol. The third-order valence-corrected chi connectivity index (χ3v) is 4.48. The molecule has 3 aromatic rings. The summed E-state index contributed by atoms with van der Waals surface area (Å²) in [5.74, 6) is -1.09. The van der Waals surface area contributed by atoms with Gasteiger partial charge in [-0.05, 0) is 68.8 Å². The van der Waals surface area contributed by atoms with Crippen molar-refractivity contribution in [3.63, 3.8) is 0 Å². The molecule has 2 aromatic carbocycles. The van der Waals surface area contributed by atoms with E-state index in [-0.39, 0.29) is 28.6 Å². The van der Waals surface area contributed by atoms with Gasteiger partial charge in [-0.3, -0.25) is 5.41 Å². The van der Waals surface area contributed by atoms with Crippen LogP contribution in [-0.4, -0.2) is 27.2 Å². The number of urea groups is 1. The van der Waals surface area contributed by atoms with E-state index in [0.29, 0.717) is 16.8 Å². The van der Waals surface area contributed by atoms with E-state index >= 15 is 0 Å². The van der Waals surface area contributed by atoms with Crippen molar-refractivity contribution in [2.45, 2.75) is 26.3 Å². The lowest BCUT2D eigenvalue weighted by molar-refractivity contribution is 0.262. The second-order valence-corrected chi connectivity index (χ2v) is 8.41. The first-order chi connectivity index (χ1) is 16.0. The predicted octanol–water partition coefficient (Wildman–Crippen LogP) is 4.78. The molecule has 34 heavy (non-hydrogen) atoms. The molecule has 0 bridgehead atoms. The topological polar surface area (TPSA) is 129 Å². The van der Waals surface area contributed by atoms with Gasteiger partial charge >= 0.3 is 6.03 Å². The molecular formula is C24H25F2N7O. The number of amides is 2. The fourth-order valence-corrected chi connectivity index (χ4v) is 2.85. The molecule has 0 aliphatic rings. The van der Waals surface area contributed by atoms with Gasteiger partial charge in [0.15, 0.2) is 0 Å². The number of carbonyl (C=O) groups is 1. The molecule has 0 spiro atoms. The van der Waals surface area contributed by atoms with Gasteiger partial charge in [0.05, 0.1) is 17.1 Å². The number of rotatable bonds is 6. The van der Waals surface area contributed by atoms with Gasteiger partial charge in [0, 0.05) is 29.2 Å². The predicted molar refractivity (Wildman–Crippen MR) is 130 cm³/mol. The lowest BCUT2D eigenvalue weighted by Gasteiger charge is -2.21. The number of nitrogens with two attached hydrogens (primary N) is 1. The van der Waals surface area contributed by atoms with E-state index in [1.807, 2.05) is 20.8 Å². The first kappa shape index (κ1) is 24.3. The van der Waals surface area contributed by atoms with Crippen LogP contribution in [-0.2, 0) is 0 Å². The number of benzene rings is 2. The van der Waals surface area contributed by atoms with Gasteiger partial charge in [-0.25, -0.2) is 23.5 Å². The Bertz CT molecular complexity index is 1230. The largest absolute Gasteiger partial charge is 0.386 e. The van der Waals surface area contributed by atoms with Gasteiger partial charge < -0.3 is 21.7 Å². The SMILES string of the molecule is CC(C)(C)N/C=C(\C(=N)c1ccnc(N)n1)c1ccc(F)c(NC(=O)Nc2ccc(F)cc2)c1. The van der Waals surface area contributed by atoms with E-state index in [1.165, 1.54) is 48.7 Å². The fourth-order valence-electron chi connectivity index (χ4n) is 2.85. The molecular weight excluding hydrogens is 440 g/mol. The van der Waals surface area contributed by atoms with E-state index in [0.717, 1.165) is 0 Å². The maximum absolute atomic E-state index is 14.5. The summed E-state index contributed by atoms with van der Waals surface area (Å²) in [6.45, 7) is 5.85. The summed E-state index contributed by atoms with van der Waals surface area (Å²) < 4.78 is 27.6. The Balaban J connectivity index is 1.92. The Morgan fingerprint density at radius 1 is 1.06 bits per heavy atom. The minimum Gasteiger partial charge on any atom is -0.386 e. The number of hydrogen-bond acceptors (Lipinski definition) is 6. The smallest absolute Gasteiger partial charge is 0.323 e. The lowest BCUT2D eigenvalue weighted by Crippen LogP contribution is -2.32. The molecule has 6 N–H and O–H groups in total. The second-order valence-electron chi connectivity index (χ2n) is 8.41. The minimum absolute atomic E-state index is 0.0179. The van der Waals surface area contributed by atoms with Crippen molar-refractivity contribution in [2.75, 3.05) is 16.4 Å². The molecule has 2 amide bonds. The van der Waals surface area contributed by atoms with Crippen LogP contribution in [0.15, 0.2) is 60.9 Å². The number of halogens is 2. The molecule has 0 atom stereocenters. The molecule has 1 aromatic heterocycles. The van der Waals surface area contributed by atoms with Gasteiger partial charge in [-0.1, -0.05) is 6.07 Å². The Morgan fingerprint density at radius 3 is 2.41 bits per heavy atom. The van der Waals surface area contributed by atoms with Crippen LogP contribution in [0.25, 0.3) is 5.57 Å². The van der Waals surface area contributed by atoms with Crippen LogP contribution in [0.4, 0.5) is 30.9 Å². The van der Waals surface area contributed by atoms with Crippen molar-refractivity contribution < 1.29 is 13.6 Å². The van der Waals surface area contributed by atoms with Crippen molar-refractivity contribution in [2.24, 2.45) is 0 Å². The molecule has 0 aliphatic heterocycles. The van der Waals surface area contributed by atoms with Crippen LogP contribution in [0.3, 0.4) is 0 Å². The Kier molecular flexibility index (Phi) is 7.20. The van der Waals surface area contributed by atoms with Gasteiger partial charge in [-0.2, -0.15) is 0 Å². The molecule has 0 aliphatic carbocycles. The molecule has 10 heteroatoms. The molecule has 0 fully saturated rings. The third kappa shape index (κ3) is 6.58. The van der Waals surface area contributed by atoms with Crippen LogP contribution < -0.4 is 21.7 Å². The number of aromatic nitrogens is 2. The van der Waals surface area contributed by atoms with E-state index in [4.69, 9.17) is 11.1 Å². The van der Waals surface area contributed by atoms with Crippen molar-refractivity contribution in [3.8, 4) is 0 Å². The molecule has 0 unspecified atom stereocenters. The number of anilines is 3. The van der Waals surface area contributed by atoms with Gasteiger partial charge in [-0.15, -0.1) is 0 Å². The van der Waals surface area contributed by atoms with Crippen LogP contribution in [0.5, 0.6) is 0 Å². The normalized spacial score (nSPS) is 11.6. The zero-order valence-corrected chi connectivity index (χ0v) is 18.9. The zero-order chi connectivity index (χ0) is 24.9. The quantitative estimate of drug-likeness (QED) is 0.335.